The molecule has 4 amide bonds. The van der Waals surface area contributed by atoms with E-state index in [1.165, 1.54) is 18.9 Å². The number of fused-ring (bicyclic) bond motifs is 5. The van der Waals surface area contributed by atoms with Crippen LogP contribution in [0.1, 0.15) is 98.6 Å². The molecule has 1 aromatic carbocycles. The Morgan fingerprint density at radius 1 is 1.07 bits per heavy atom. The third-order valence-electron chi connectivity index (χ3n) is 12.9. The van der Waals surface area contributed by atoms with E-state index in [4.69, 9.17) is 24.2 Å². The molecule has 4 fully saturated rings. The van der Waals surface area contributed by atoms with Crippen LogP contribution in [0, 0.1) is 23.2 Å². The number of benzene rings is 1. The number of aromatic nitrogens is 2. The fraction of sp³-hybridized carbons (Fsp3) is 0.700. The van der Waals surface area contributed by atoms with Crippen LogP contribution < -0.4 is 24.8 Å². The number of alkyl carbamates (subject to hydrolysis) is 1. The number of amides is 4. The van der Waals surface area contributed by atoms with Crippen LogP contribution in [0.4, 0.5) is 13.6 Å². The van der Waals surface area contributed by atoms with Gasteiger partial charge >= 0.3 is 6.09 Å². The number of methoxy groups -OCH3 is 1. The van der Waals surface area contributed by atoms with Crippen molar-refractivity contribution in [2.45, 2.75) is 140 Å². The van der Waals surface area contributed by atoms with Crippen LogP contribution >= 0.6 is 0 Å². The highest BCUT2D eigenvalue weighted by Crippen LogP contribution is 2.51. The van der Waals surface area contributed by atoms with Gasteiger partial charge in [0.2, 0.25) is 34.1 Å². The van der Waals surface area contributed by atoms with Gasteiger partial charge in [-0.1, -0.05) is 40.5 Å². The van der Waals surface area contributed by atoms with Crippen LogP contribution in [0.5, 0.6) is 11.6 Å². The van der Waals surface area contributed by atoms with Gasteiger partial charge in [-0.25, -0.2) is 32.0 Å². The Labute approximate surface area is 337 Å². The zero-order valence-corrected chi connectivity index (χ0v) is 34.8. The number of ether oxygens (including phenoxy) is 3. The molecular formula is C40H54F2N6O9S. The van der Waals surface area contributed by atoms with Crippen LogP contribution in [-0.4, -0.2) is 101 Å². The first kappa shape index (κ1) is 41.8. The number of halogens is 2. The van der Waals surface area contributed by atoms with Crippen molar-refractivity contribution in [2.24, 2.45) is 23.2 Å². The van der Waals surface area contributed by atoms with Gasteiger partial charge in [-0.3, -0.25) is 19.1 Å². The van der Waals surface area contributed by atoms with Crippen molar-refractivity contribution in [3.05, 3.63) is 23.9 Å². The van der Waals surface area contributed by atoms with Crippen LogP contribution in [0.25, 0.3) is 11.0 Å². The molecule has 3 aliphatic carbocycles. The van der Waals surface area contributed by atoms with Gasteiger partial charge in [-0.05, 0) is 76.3 Å². The Kier molecular flexibility index (Phi) is 10.6. The summed E-state index contributed by atoms with van der Waals surface area (Å²) in [5, 5.41) is 5.24. The summed E-state index contributed by atoms with van der Waals surface area (Å²) in [6, 6.07) is 2.67. The smallest absolute Gasteiger partial charge is 0.408 e. The van der Waals surface area contributed by atoms with Gasteiger partial charge in [0, 0.05) is 17.9 Å². The lowest BCUT2D eigenvalue weighted by Crippen LogP contribution is -2.61. The fourth-order valence-corrected chi connectivity index (χ4v) is 9.73. The Hall–Kier alpha value is -4.35. The van der Waals surface area contributed by atoms with E-state index in [0.717, 1.165) is 25.7 Å². The molecule has 58 heavy (non-hydrogen) atoms. The number of hydrogen-bond acceptors (Lipinski definition) is 11. The summed E-state index contributed by atoms with van der Waals surface area (Å²) in [5.41, 5.74) is -2.17. The van der Waals surface area contributed by atoms with Crippen LogP contribution in [-0.2, 0) is 35.6 Å². The van der Waals surface area contributed by atoms with E-state index in [9.17, 15) is 36.4 Å². The Morgan fingerprint density at radius 3 is 2.43 bits per heavy atom. The maximum absolute atomic E-state index is 14.8. The molecule has 2 aromatic rings. The van der Waals surface area contributed by atoms with E-state index in [0.29, 0.717) is 48.2 Å². The molecule has 8 unspecified atom stereocenters. The van der Waals surface area contributed by atoms with Gasteiger partial charge in [-0.15, -0.1) is 0 Å². The van der Waals surface area contributed by atoms with E-state index >= 15 is 0 Å². The SMILES string of the molecule is COc1ccc2nc3c(nc2c1)OC1CN(C(=O)C(C(C)(C)C)NC(=O)OC2(C)CC2CCCCC3)C(C(=O)NC2(C(=O)NS(=O)(=O)C3(C)CC3)CC2C(F)F)C1C. The number of nitrogens with zero attached hydrogens (tertiary/aromatic N) is 3. The summed E-state index contributed by atoms with van der Waals surface area (Å²) >= 11 is 0. The molecule has 3 heterocycles. The minimum atomic E-state index is -4.24. The number of carbonyl (C=O) groups excluding carboxylic acids is 4. The third kappa shape index (κ3) is 7.88. The zero-order chi connectivity index (χ0) is 42.2. The first-order chi connectivity index (χ1) is 27.1. The average molecular weight is 833 g/mol. The van der Waals surface area contributed by atoms with E-state index in [-0.39, 0.29) is 18.3 Å². The standard InChI is InChI=1S/C40H54F2N6O9S/c1-21-28-20-48(29(21)32(49)46-40(19-24(40)31(41)42)35(51)47-58(53,54)38(5)15-16-38)34(50)30(37(2,3)4)45-36(52)57-39(6)18-22(39)11-9-8-10-12-26-33(56-28)44-27-17-23(55-7)13-14-25(27)43-26/h13-14,17,21-22,24,28-31H,8-12,15-16,18-20H2,1-7H3,(H,45,52)(H,46,49)(H,47,51). The number of alkyl halides is 2. The third-order valence-corrected chi connectivity index (χ3v) is 15.1. The molecule has 1 saturated heterocycles. The number of rotatable bonds is 7. The number of hydrogen-bond donors (Lipinski definition) is 3. The summed E-state index contributed by atoms with van der Waals surface area (Å²) in [7, 11) is -2.71. The largest absolute Gasteiger partial charge is 0.497 e. The van der Waals surface area contributed by atoms with E-state index in [1.54, 1.807) is 45.9 Å². The molecule has 1 aromatic heterocycles. The summed E-state index contributed by atoms with van der Waals surface area (Å²) in [4.78, 5) is 67.4. The van der Waals surface area contributed by atoms with Crippen LogP contribution in [0.15, 0.2) is 18.2 Å². The molecule has 318 valence electrons. The van der Waals surface area contributed by atoms with E-state index in [1.807, 2.05) is 11.6 Å². The van der Waals surface area contributed by atoms with Crippen molar-refractivity contribution in [3.8, 4) is 11.6 Å². The number of carbonyl (C=O) groups is 4. The van der Waals surface area contributed by atoms with E-state index in [2.05, 4.69) is 10.6 Å². The van der Waals surface area contributed by atoms with Gasteiger partial charge in [0.15, 0.2) is 0 Å². The summed E-state index contributed by atoms with van der Waals surface area (Å²) in [6.45, 7) is 10.0. The van der Waals surface area contributed by atoms with Gasteiger partial charge in [0.05, 0.1) is 35.4 Å². The maximum Gasteiger partial charge on any atom is 0.408 e. The van der Waals surface area contributed by atoms with Crippen molar-refractivity contribution in [3.63, 3.8) is 0 Å². The molecule has 18 heteroatoms. The maximum atomic E-state index is 14.8. The van der Waals surface area contributed by atoms with Gasteiger partial charge in [0.25, 0.3) is 5.91 Å². The molecule has 3 N–H and O–H groups in total. The Morgan fingerprint density at radius 2 is 1.79 bits per heavy atom. The first-order valence-electron chi connectivity index (χ1n) is 20.1. The molecule has 0 radical (unpaired) electrons. The molecule has 3 saturated carbocycles. The number of nitrogens with one attached hydrogen (secondary N) is 3. The van der Waals surface area contributed by atoms with Crippen molar-refractivity contribution in [1.82, 2.24) is 30.2 Å². The van der Waals surface area contributed by atoms with Crippen molar-refractivity contribution in [1.29, 1.82) is 0 Å². The predicted molar refractivity (Wildman–Crippen MR) is 206 cm³/mol. The molecule has 2 bridgehead atoms. The van der Waals surface area contributed by atoms with Gasteiger partial charge < -0.3 is 29.7 Å². The summed E-state index contributed by atoms with van der Waals surface area (Å²) < 4.78 is 73.4. The lowest BCUT2D eigenvalue weighted by Gasteiger charge is -2.36. The first-order valence-corrected chi connectivity index (χ1v) is 21.6. The predicted octanol–water partition coefficient (Wildman–Crippen LogP) is 4.41. The fourth-order valence-electron chi connectivity index (χ4n) is 8.42. The molecule has 0 spiro atoms. The van der Waals surface area contributed by atoms with E-state index < -0.39 is 98.0 Å². The van der Waals surface area contributed by atoms with Crippen LogP contribution in [0.3, 0.4) is 0 Å². The van der Waals surface area contributed by atoms with Crippen LogP contribution in [0.2, 0.25) is 0 Å². The monoisotopic (exact) mass is 832 g/mol. The zero-order valence-electron chi connectivity index (χ0n) is 34.0. The van der Waals surface area contributed by atoms with Gasteiger partial charge in [0.1, 0.15) is 40.8 Å². The highest BCUT2D eigenvalue weighted by Gasteiger charge is 2.68. The minimum Gasteiger partial charge on any atom is -0.497 e. The normalized spacial score (nSPS) is 32.3. The average Bonchev–Trinajstić information content (AvgIpc) is 4.09. The highest BCUT2D eigenvalue weighted by atomic mass is 32.2. The van der Waals surface area contributed by atoms with Gasteiger partial charge in [-0.2, -0.15) is 0 Å². The Bertz CT molecular complexity index is 2110. The number of aryl methyl sites for hydroxylation is 1. The Balaban J connectivity index is 1.26. The summed E-state index contributed by atoms with van der Waals surface area (Å²) in [5.74, 6) is -4.49. The topological polar surface area (TPSA) is 195 Å². The molecule has 8 atom stereocenters. The minimum absolute atomic E-state index is 0.148. The second kappa shape index (κ2) is 14.7. The quantitative estimate of drug-likeness (QED) is 0.358. The molecule has 2 aliphatic heterocycles. The summed E-state index contributed by atoms with van der Waals surface area (Å²) in [6.07, 6.45) is -0.133. The van der Waals surface area contributed by atoms with Crippen molar-refractivity contribution in [2.75, 3.05) is 13.7 Å². The molecule has 7 rings (SSSR count). The molecular weight excluding hydrogens is 779 g/mol. The highest BCUT2D eigenvalue weighted by molar-refractivity contribution is 7.91. The second-order valence-corrected chi connectivity index (χ2v) is 20.6. The number of sulfonamides is 1. The van der Waals surface area contributed by atoms with Crippen molar-refractivity contribution < 1.29 is 50.6 Å². The lowest BCUT2D eigenvalue weighted by molar-refractivity contribution is -0.143. The lowest BCUT2D eigenvalue weighted by atomic mass is 9.85. The molecule has 15 nitrogen and oxygen atoms in total. The second-order valence-electron chi connectivity index (χ2n) is 18.4. The molecule has 5 aliphatic rings. The van der Waals surface area contributed by atoms with Crippen molar-refractivity contribution >= 4 is 44.9 Å².